The zero-order valence-electron chi connectivity index (χ0n) is 10.6. The summed E-state index contributed by atoms with van der Waals surface area (Å²) in [6, 6.07) is 13.7. The van der Waals surface area contributed by atoms with Gasteiger partial charge in [-0.05, 0) is 12.1 Å². The Morgan fingerprint density at radius 2 is 1.90 bits per heavy atom. The van der Waals surface area contributed by atoms with Gasteiger partial charge in [-0.1, -0.05) is 41.9 Å². The highest BCUT2D eigenvalue weighted by Gasteiger charge is 2.13. The monoisotopic (exact) mass is 301 g/mol. The van der Waals surface area contributed by atoms with Crippen LogP contribution in [0.2, 0.25) is 5.02 Å². The summed E-state index contributed by atoms with van der Waals surface area (Å²) in [5.74, 6) is 0. The van der Waals surface area contributed by atoms with Gasteiger partial charge in [-0.15, -0.1) is 11.3 Å². The first-order valence-corrected chi connectivity index (χ1v) is 7.34. The Bertz CT molecular complexity index is 708. The van der Waals surface area contributed by atoms with Gasteiger partial charge < -0.3 is 5.73 Å². The second-order valence-electron chi connectivity index (χ2n) is 4.22. The first kappa shape index (κ1) is 13.2. The normalized spacial score (nSPS) is 10.7. The molecule has 0 amide bonds. The van der Waals surface area contributed by atoms with E-state index >= 15 is 0 Å². The maximum atomic E-state index is 5.86. The van der Waals surface area contributed by atoms with Crippen molar-refractivity contribution in [2.45, 2.75) is 6.54 Å². The highest BCUT2D eigenvalue weighted by molar-refractivity contribution is 7.15. The van der Waals surface area contributed by atoms with Gasteiger partial charge in [-0.2, -0.15) is 0 Å². The van der Waals surface area contributed by atoms with E-state index in [9.17, 15) is 0 Å². The van der Waals surface area contributed by atoms with Crippen LogP contribution in [0, 0.1) is 0 Å². The number of halogens is 1. The summed E-state index contributed by atoms with van der Waals surface area (Å²) in [5.41, 5.74) is 8.66. The molecule has 0 atom stereocenters. The van der Waals surface area contributed by atoms with Crippen molar-refractivity contribution in [3.05, 3.63) is 58.6 Å². The summed E-state index contributed by atoms with van der Waals surface area (Å²) in [6.45, 7) is 0.468. The third-order valence-corrected chi connectivity index (χ3v) is 4.20. The number of hydrogen-bond acceptors (Lipinski definition) is 4. The Kier molecular flexibility index (Phi) is 3.78. The van der Waals surface area contributed by atoms with Crippen molar-refractivity contribution in [1.82, 2.24) is 9.97 Å². The summed E-state index contributed by atoms with van der Waals surface area (Å²) in [7, 11) is 0. The maximum absolute atomic E-state index is 5.86. The van der Waals surface area contributed by atoms with Crippen LogP contribution >= 0.6 is 22.9 Å². The molecule has 2 heterocycles. The molecule has 3 rings (SSSR count). The van der Waals surface area contributed by atoms with Gasteiger partial charge in [-0.3, -0.25) is 4.98 Å². The number of aromatic nitrogens is 2. The van der Waals surface area contributed by atoms with Crippen molar-refractivity contribution in [3.8, 4) is 22.0 Å². The van der Waals surface area contributed by atoms with Crippen LogP contribution in [0.3, 0.4) is 0 Å². The summed E-state index contributed by atoms with van der Waals surface area (Å²) in [6.07, 6.45) is 1.63. The van der Waals surface area contributed by atoms with Crippen molar-refractivity contribution in [2.75, 3.05) is 0 Å². The van der Waals surface area contributed by atoms with Gasteiger partial charge in [0.1, 0.15) is 5.01 Å². The maximum Gasteiger partial charge on any atom is 0.142 e. The molecule has 3 aromatic rings. The lowest BCUT2D eigenvalue weighted by Crippen LogP contribution is -1.95. The minimum Gasteiger partial charge on any atom is -0.326 e. The zero-order chi connectivity index (χ0) is 13.9. The molecule has 0 spiro atoms. The van der Waals surface area contributed by atoms with Crippen LogP contribution in [0.1, 0.15) is 4.88 Å². The fourth-order valence-corrected chi connectivity index (χ4v) is 2.97. The van der Waals surface area contributed by atoms with Gasteiger partial charge in [0.05, 0.1) is 16.4 Å². The van der Waals surface area contributed by atoms with Crippen LogP contribution in [0.15, 0.2) is 48.7 Å². The Labute approximate surface area is 126 Å². The molecule has 0 unspecified atom stereocenters. The van der Waals surface area contributed by atoms with E-state index in [-0.39, 0.29) is 0 Å². The third-order valence-electron chi connectivity index (χ3n) is 2.88. The second kappa shape index (κ2) is 5.71. The molecular formula is C15H12ClN3S. The standard InChI is InChI=1S/C15H12ClN3S/c16-11-6-7-12(18-9-11)15-19-14(13(8-17)20-15)10-4-2-1-3-5-10/h1-7,9H,8,17H2. The molecule has 20 heavy (non-hydrogen) atoms. The molecule has 0 aliphatic rings. The largest absolute Gasteiger partial charge is 0.326 e. The molecule has 0 bridgehead atoms. The van der Waals surface area contributed by atoms with E-state index in [1.165, 1.54) is 0 Å². The van der Waals surface area contributed by atoms with E-state index < -0.39 is 0 Å². The van der Waals surface area contributed by atoms with Crippen molar-refractivity contribution >= 4 is 22.9 Å². The van der Waals surface area contributed by atoms with Gasteiger partial charge in [0.25, 0.3) is 0 Å². The smallest absolute Gasteiger partial charge is 0.142 e. The first-order valence-electron chi connectivity index (χ1n) is 6.15. The van der Waals surface area contributed by atoms with Crippen molar-refractivity contribution in [1.29, 1.82) is 0 Å². The molecule has 0 saturated carbocycles. The van der Waals surface area contributed by atoms with Crippen molar-refractivity contribution in [2.24, 2.45) is 5.73 Å². The highest BCUT2D eigenvalue weighted by Crippen LogP contribution is 2.32. The predicted octanol–water partition coefficient (Wildman–Crippen LogP) is 3.98. The van der Waals surface area contributed by atoms with Crippen molar-refractivity contribution in [3.63, 3.8) is 0 Å². The number of nitrogens with zero attached hydrogens (tertiary/aromatic N) is 2. The lowest BCUT2D eigenvalue weighted by molar-refractivity contribution is 1.10. The van der Waals surface area contributed by atoms with E-state index in [4.69, 9.17) is 17.3 Å². The summed E-state index contributed by atoms with van der Waals surface area (Å²) in [4.78, 5) is 10.0. The van der Waals surface area contributed by atoms with E-state index in [2.05, 4.69) is 9.97 Å². The van der Waals surface area contributed by atoms with Crippen LogP contribution in [-0.2, 0) is 6.54 Å². The molecule has 2 N–H and O–H groups in total. The van der Waals surface area contributed by atoms with Crippen LogP contribution in [0.25, 0.3) is 22.0 Å². The Hall–Kier alpha value is -1.75. The molecule has 0 fully saturated rings. The highest BCUT2D eigenvalue weighted by atomic mass is 35.5. The SMILES string of the molecule is NCc1sc(-c2ccc(Cl)cn2)nc1-c1ccccc1. The Morgan fingerprint density at radius 1 is 1.10 bits per heavy atom. The summed E-state index contributed by atoms with van der Waals surface area (Å²) >= 11 is 7.43. The van der Waals surface area contributed by atoms with Crippen LogP contribution in [-0.4, -0.2) is 9.97 Å². The first-order chi connectivity index (χ1) is 9.78. The molecule has 100 valence electrons. The minimum atomic E-state index is 0.468. The van der Waals surface area contributed by atoms with E-state index in [1.807, 2.05) is 42.5 Å². The quantitative estimate of drug-likeness (QED) is 0.796. The minimum absolute atomic E-state index is 0.468. The second-order valence-corrected chi connectivity index (χ2v) is 5.74. The van der Waals surface area contributed by atoms with E-state index in [0.29, 0.717) is 11.6 Å². The predicted molar refractivity (Wildman–Crippen MR) is 83.7 cm³/mol. The van der Waals surface area contributed by atoms with Crippen LogP contribution in [0.4, 0.5) is 0 Å². The molecule has 2 aromatic heterocycles. The zero-order valence-corrected chi connectivity index (χ0v) is 12.2. The lowest BCUT2D eigenvalue weighted by Gasteiger charge is -1.98. The van der Waals surface area contributed by atoms with Gasteiger partial charge in [0.2, 0.25) is 0 Å². The number of rotatable bonds is 3. The van der Waals surface area contributed by atoms with Crippen molar-refractivity contribution < 1.29 is 0 Å². The molecule has 0 radical (unpaired) electrons. The van der Waals surface area contributed by atoms with E-state index in [0.717, 1.165) is 26.8 Å². The Morgan fingerprint density at radius 3 is 2.55 bits per heavy atom. The fraction of sp³-hybridized carbons (Fsp3) is 0.0667. The number of hydrogen-bond donors (Lipinski definition) is 1. The van der Waals surface area contributed by atoms with Gasteiger partial charge in [-0.25, -0.2) is 4.98 Å². The number of pyridine rings is 1. The number of benzene rings is 1. The molecule has 0 aliphatic carbocycles. The van der Waals surface area contributed by atoms with Crippen LogP contribution in [0.5, 0.6) is 0 Å². The Balaban J connectivity index is 2.07. The van der Waals surface area contributed by atoms with Crippen LogP contribution < -0.4 is 5.73 Å². The number of nitrogens with two attached hydrogens (primary N) is 1. The molecule has 0 saturated heterocycles. The fourth-order valence-electron chi connectivity index (χ4n) is 1.92. The molecule has 3 nitrogen and oxygen atoms in total. The third kappa shape index (κ3) is 2.58. The summed E-state index contributed by atoms with van der Waals surface area (Å²) < 4.78 is 0. The average molecular weight is 302 g/mol. The number of thiazole rings is 1. The van der Waals surface area contributed by atoms with Gasteiger partial charge in [0.15, 0.2) is 0 Å². The molecule has 0 aliphatic heterocycles. The van der Waals surface area contributed by atoms with E-state index in [1.54, 1.807) is 17.5 Å². The van der Waals surface area contributed by atoms with Gasteiger partial charge in [0, 0.05) is 23.2 Å². The molecule has 1 aromatic carbocycles. The topological polar surface area (TPSA) is 51.8 Å². The lowest BCUT2D eigenvalue weighted by atomic mass is 10.1. The summed E-state index contributed by atoms with van der Waals surface area (Å²) in [5, 5.41) is 1.48. The molecule has 5 heteroatoms. The average Bonchev–Trinajstić information content (AvgIpc) is 2.93. The molecular weight excluding hydrogens is 290 g/mol. The van der Waals surface area contributed by atoms with Gasteiger partial charge >= 0.3 is 0 Å².